The summed E-state index contributed by atoms with van der Waals surface area (Å²) in [5.74, 6) is -0.130. The van der Waals surface area contributed by atoms with E-state index in [1.54, 1.807) is 0 Å². The fourth-order valence-electron chi connectivity index (χ4n) is 3.15. The van der Waals surface area contributed by atoms with Gasteiger partial charge in [0.2, 0.25) is 0 Å². The molecule has 0 saturated heterocycles. The van der Waals surface area contributed by atoms with Gasteiger partial charge in [0.25, 0.3) is 0 Å². The molecule has 3 rings (SSSR count). The normalized spacial score (nSPS) is 20.5. The van der Waals surface area contributed by atoms with Gasteiger partial charge in [-0.2, -0.15) is 0 Å². The lowest BCUT2D eigenvalue weighted by Crippen LogP contribution is -2.29. The Bertz CT molecular complexity index is 624. The fourth-order valence-corrected chi connectivity index (χ4v) is 3.15. The minimum atomic E-state index is -0.0909. The van der Waals surface area contributed by atoms with Crippen LogP contribution in [0, 0.1) is 5.92 Å². The number of carbonyl (C=O) groups excluding carboxylic acids is 1. The first-order valence-electron chi connectivity index (χ1n) is 8.67. The summed E-state index contributed by atoms with van der Waals surface area (Å²) in [6, 6.07) is 20.0. The summed E-state index contributed by atoms with van der Waals surface area (Å²) in [6.45, 7) is 0.961. The molecule has 1 saturated carbocycles. The molecule has 0 N–H and O–H groups in total. The monoisotopic (exact) mass is 324 g/mol. The van der Waals surface area contributed by atoms with Crippen LogP contribution in [0.1, 0.15) is 36.8 Å². The Kier molecular flexibility index (Phi) is 6.02. The standard InChI is InChI=1S/C21H24O3/c22-21(24-16-18-10-5-2-6-11-18)19-12-7-13-20(14-19)23-15-17-8-3-1-4-9-17/h1-6,8-11,19-20H,7,12-16H2/t19?,20-/m1/s1. The van der Waals surface area contributed by atoms with Gasteiger partial charge in [-0.05, 0) is 30.4 Å². The van der Waals surface area contributed by atoms with Crippen LogP contribution in [-0.4, -0.2) is 12.1 Å². The zero-order valence-corrected chi connectivity index (χ0v) is 13.9. The van der Waals surface area contributed by atoms with Crippen LogP contribution in [0.25, 0.3) is 0 Å². The number of benzene rings is 2. The predicted molar refractivity (Wildman–Crippen MR) is 93.2 cm³/mol. The Balaban J connectivity index is 1.45. The van der Waals surface area contributed by atoms with Crippen LogP contribution in [0.5, 0.6) is 0 Å². The Morgan fingerprint density at radius 3 is 2.17 bits per heavy atom. The molecule has 1 unspecified atom stereocenters. The Morgan fingerprint density at radius 2 is 1.50 bits per heavy atom. The number of esters is 1. The molecule has 2 aromatic carbocycles. The topological polar surface area (TPSA) is 35.5 Å². The maximum absolute atomic E-state index is 12.3. The zero-order chi connectivity index (χ0) is 16.6. The smallest absolute Gasteiger partial charge is 0.309 e. The van der Waals surface area contributed by atoms with Gasteiger partial charge in [0, 0.05) is 0 Å². The van der Waals surface area contributed by atoms with Gasteiger partial charge in [-0.3, -0.25) is 4.79 Å². The van der Waals surface area contributed by atoms with Gasteiger partial charge in [0.1, 0.15) is 6.61 Å². The molecule has 3 heteroatoms. The minimum Gasteiger partial charge on any atom is -0.461 e. The molecule has 0 aliphatic heterocycles. The van der Waals surface area contributed by atoms with Gasteiger partial charge in [0.15, 0.2) is 0 Å². The van der Waals surface area contributed by atoms with E-state index < -0.39 is 0 Å². The molecule has 126 valence electrons. The van der Waals surface area contributed by atoms with Crippen molar-refractivity contribution in [1.29, 1.82) is 0 Å². The van der Waals surface area contributed by atoms with Crippen LogP contribution >= 0.6 is 0 Å². The summed E-state index contributed by atoms with van der Waals surface area (Å²) in [6.07, 6.45) is 3.85. The van der Waals surface area contributed by atoms with Gasteiger partial charge in [-0.15, -0.1) is 0 Å². The van der Waals surface area contributed by atoms with Gasteiger partial charge >= 0.3 is 5.97 Å². The van der Waals surface area contributed by atoms with E-state index in [-0.39, 0.29) is 18.0 Å². The SMILES string of the molecule is O=C(OCc1ccccc1)C1CCC[C@@H](OCc2ccccc2)C1. The van der Waals surface area contributed by atoms with Crippen molar-refractivity contribution in [2.45, 2.75) is 45.0 Å². The molecular formula is C21H24O3. The molecule has 0 bridgehead atoms. The lowest BCUT2D eigenvalue weighted by Gasteiger charge is -2.28. The maximum atomic E-state index is 12.3. The van der Waals surface area contributed by atoms with E-state index >= 15 is 0 Å². The van der Waals surface area contributed by atoms with E-state index in [9.17, 15) is 4.79 Å². The molecule has 0 amide bonds. The zero-order valence-electron chi connectivity index (χ0n) is 13.9. The Labute approximate surface area is 143 Å². The molecule has 0 heterocycles. The van der Waals surface area contributed by atoms with E-state index in [2.05, 4.69) is 12.1 Å². The lowest BCUT2D eigenvalue weighted by atomic mass is 9.87. The van der Waals surface area contributed by atoms with Crippen molar-refractivity contribution in [2.24, 2.45) is 5.92 Å². The first kappa shape index (κ1) is 16.7. The number of ether oxygens (including phenoxy) is 2. The number of hydrogen-bond acceptors (Lipinski definition) is 3. The Morgan fingerprint density at radius 1 is 0.875 bits per heavy atom. The molecule has 2 atom stereocenters. The van der Waals surface area contributed by atoms with Crippen molar-refractivity contribution in [1.82, 2.24) is 0 Å². The number of carbonyl (C=O) groups is 1. The molecule has 0 radical (unpaired) electrons. The predicted octanol–water partition coefficient (Wildman–Crippen LogP) is 4.51. The van der Waals surface area contributed by atoms with Crippen molar-refractivity contribution >= 4 is 5.97 Å². The van der Waals surface area contributed by atoms with Gasteiger partial charge < -0.3 is 9.47 Å². The summed E-state index contributed by atoms with van der Waals surface area (Å²) in [7, 11) is 0. The van der Waals surface area contributed by atoms with Crippen molar-refractivity contribution in [3.63, 3.8) is 0 Å². The second-order valence-corrected chi connectivity index (χ2v) is 6.38. The van der Waals surface area contributed by atoms with Crippen molar-refractivity contribution in [3.8, 4) is 0 Å². The summed E-state index contributed by atoms with van der Waals surface area (Å²) in [4.78, 5) is 12.3. The quantitative estimate of drug-likeness (QED) is 0.734. The molecule has 0 aromatic heterocycles. The van der Waals surface area contributed by atoms with E-state index in [4.69, 9.17) is 9.47 Å². The van der Waals surface area contributed by atoms with Crippen LogP contribution in [0.4, 0.5) is 0 Å². The fraction of sp³-hybridized carbons (Fsp3) is 0.381. The average molecular weight is 324 g/mol. The Hall–Kier alpha value is -2.13. The second kappa shape index (κ2) is 8.65. The summed E-state index contributed by atoms with van der Waals surface area (Å²) < 4.78 is 11.5. The van der Waals surface area contributed by atoms with E-state index in [1.165, 1.54) is 5.56 Å². The molecular weight excluding hydrogens is 300 g/mol. The van der Waals surface area contributed by atoms with E-state index in [0.717, 1.165) is 31.2 Å². The highest BCUT2D eigenvalue weighted by atomic mass is 16.5. The average Bonchev–Trinajstić information content (AvgIpc) is 2.66. The van der Waals surface area contributed by atoms with Gasteiger partial charge in [-0.25, -0.2) is 0 Å². The summed E-state index contributed by atoms with van der Waals surface area (Å²) >= 11 is 0. The van der Waals surface area contributed by atoms with Gasteiger partial charge in [0.05, 0.1) is 18.6 Å². The molecule has 2 aromatic rings. The first-order valence-corrected chi connectivity index (χ1v) is 8.67. The van der Waals surface area contributed by atoms with Crippen molar-refractivity contribution in [3.05, 3.63) is 71.8 Å². The highest BCUT2D eigenvalue weighted by Gasteiger charge is 2.28. The van der Waals surface area contributed by atoms with Gasteiger partial charge in [-0.1, -0.05) is 67.1 Å². The molecule has 1 aliphatic rings. The molecule has 1 fully saturated rings. The second-order valence-electron chi connectivity index (χ2n) is 6.38. The van der Waals surface area contributed by atoms with Crippen molar-refractivity contribution < 1.29 is 14.3 Å². The van der Waals surface area contributed by atoms with Crippen LogP contribution in [0.3, 0.4) is 0 Å². The highest BCUT2D eigenvalue weighted by Crippen LogP contribution is 2.28. The minimum absolute atomic E-state index is 0.0387. The third kappa shape index (κ3) is 4.93. The highest BCUT2D eigenvalue weighted by molar-refractivity contribution is 5.72. The third-order valence-electron chi connectivity index (χ3n) is 4.51. The summed E-state index contributed by atoms with van der Waals surface area (Å²) in [5.41, 5.74) is 2.20. The largest absolute Gasteiger partial charge is 0.461 e. The van der Waals surface area contributed by atoms with Crippen LogP contribution in [-0.2, 0) is 27.5 Å². The van der Waals surface area contributed by atoms with Crippen molar-refractivity contribution in [2.75, 3.05) is 0 Å². The molecule has 3 nitrogen and oxygen atoms in total. The van der Waals surface area contributed by atoms with E-state index in [1.807, 2.05) is 48.5 Å². The third-order valence-corrected chi connectivity index (χ3v) is 4.51. The van der Waals surface area contributed by atoms with Crippen LogP contribution in [0.2, 0.25) is 0 Å². The number of hydrogen-bond donors (Lipinski definition) is 0. The first-order chi connectivity index (χ1) is 11.8. The molecule has 1 aliphatic carbocycles. The molecule has 24 heavy (non-hydrogen) atoms. The summed E-state index contributed by atoms with van der Waals surface area (Å²) in [5, 5.41) is 0. The van der Waals surface area contributed by atoms with E-state index in [0.29, 0.717) is 13.2 Å². The van der Waals surface area contributed by atoms with Crippen LogP contribution in [0.15, 0.2) is 60.7 Å². The lowest BCUT2D eigenvalue weighted by molar-refractivity contribution is -0.153. The van der Waals surface area contributed by atoms with Crippen LogP contribution < -0.4 is 0 Å². The molecule has 0 spiro atoms. The maximum Gasteiger partial charge on any atom is 0.309 e. The number of rotatable bonds is 6.